The van der Waals surface area contributed by atoms with E-state index in [0.29, 0.717) is 6.07 Å². The highest BCUT2D eigenvalue weighted by atomic mass is 19.1. The first-order valence-corrected chi connectivity index (χ1v) is 3.93. The Hall–Kier alpha value is -1.49. The molecule has 1 aromatic carbocycles. The van der Waals surface area contributed by atoms with Crippen molar-refractivity contribution < 1.29 is 18.7 Å². The Morgan fingerprint density at radius 1 is 1.36 bits per heavy atom. The highest BCUT2D eigenvalue weighted by molar-refractivity contribution is 5.76. The molecule has 76 valence electrons. The van der Waals surface area contributed by atoms with Gasteiger partial charge in [-0.2, -0.15) is 0 Å². The summed E-state index contributed by atoms with van der Waals surface area (Å²) in [5.41, 5.74) is 5.22. The minimum atomic E-state index is -1.20. The van der Waals surface area contributed by atoms with E-state index in [1.807, 2.05) is 0 Å². The van der Waals surface area contributed by atoms with Gasteiger partial charge in [-0.25, -0.2) is 8.78 Å². The van der Waals surface area contributed by atoms with Crippen LogP contribution in [0.2, 0.25) is 0 Å². The van der Waals surface area contributed by atoms with Gasteiger partial charge in [0.2, 0.25) is 0 Å². The average Bonchev–Trinajstić information content (AvgIpc) is 2.02. The van der Waals surface area contributed by atoms with Crippen molar-refractivity contribution in [2.75, 3.05) is 6.54 Å². The van der Waals surface area contributed by atoms with Crippen LogP contribution in [0.5, 0.6) is 0 Å². The number of carboxylic acid groups (broad SMARTS) is 1. The van der Waals surface area contributed by atoms with E-state index in [0.717, 1.165) is 12.1 Å². The van der Waals surface area contributed by atoms with Gasteiger partial charge in [-0.3, -0.25) is 4.79 Å². The van der Waals surface area contributed by atoms with Crippen LogP contribution in [0, 0.1) is 11.6 Å². The molecule has 0 radical (unpaired) electrons. The van der Waals surface area contributed by atoms with E-state index in [4.69, 9.17) is 10.8 Å². The van der Waals surface area contributed by atoms with Crippen LogP contribution in [0.3, 0.4) is 0 Å². The van der Waals surface area contributed by atoms with E-state index < -0.39 is 23.5 Å². The van der Waals surface area contributed by atoms with Crippen LogP contribution in [0.15, 0.2) is 18.2 Å². The minimum absolute atomic E-state index is 0.0394. The van der Waals surface area contributed by atoms with Crippen molar-refractivity contribution in [1.29, 1.82) is 0 Å². The summed E-state index contributed by atoms with van der Waals surface area (Å²) in [6.07, 6.45) is 0. The van der Waals surface area contributed by atoms with Gasteiger partial charge in [0.05, 0.1) is 5.92 Å². The topological polar surface area (TPSA) is 63.3 Å². The molecule has 0 aliphatic carbocycles. The van der Waals surface area contributed by atoms with Crippen LogP contribution in [-0.4, -0.2) is 17.6 Å². The molecular formula is C9H9F2NO2. The van der Waals surface area contributed by atoms with Crippen molar-refractivity contribution in [3.63, 3.8) is 0 Å². The molecule has 0 fully saturated rings. The van der Waals surface area contributed by atoms with Crippen molar-refractivity contribution in [3.8, 4) is 0 Å². The van der Waals surface area contributed by atoms with E-state index in [-0.39, 0.29) is 12.1 Å². The number of hydrogen-bond acceptors (Lipinski definition) is 2. The van der Waals surface area contributed by atoms with Crippen molar-refractivity contribution in [2.45, 2.75) is 5.92 Å². The van der Waals surface area contributed by atoms with Crippen molar-refractivity contribution in [2.24, 2.45) is 5.73 Å². The van der Waals surface area contributed by atoms with Crippen LogP contribution >= 0.6 is 0 Å². The van der Waals surface area contributed by atoms with Crippen LogP contribution in [0.4, 0.5) is 8.78 Å². The number of carbonyl (C=O) groups is 1. The van der Waals surface area contributed by atoms with Gasteiger partial charge < -0.3 is 10.8 Å². The molecule has 0 saturated heterocycles. The second-order valence-corrected chi connectivity index (χ2v) is 2.83. The molecular weight excluding hydrogens is 192 g/mol. The summed E-state index contributed by atoms with van der Waals surface area (Å²) in [6, 6.07) is 2.61. The van der Waals surface area contributed by atoms with E-state index in [1.54, 1.807) is 0 Å². The lowest BCUT2D eigenvalue weighted by molar-refractivity contribution is -0.138. The maximum Gasteiger partial charge on any atom is 0.312 e. The number of halogens is 2. The predicted molar refractivity (Wildman–Crippen MR) is 45.8 cm³/mol. The molecule has 3 nitrogen and oxygen atoms in total. The van der Waals surface area contributed by atoms with Crippen LogP contribution in [0.25, 0.3) is 0 Å². The number of rotatable bonds is 3. The lowest BCUT2D eigenvalue weighted by atomic mass is 9.99. The lowest BCUT2D eigenvalue weighted by Gasteiger charge is -2.09. The normalized spacial score (nSPS) is 12.5. The molecule has 1 aromatic rings. The molecule has 0 amide bonds. The molecule has 0 aliphatic heterocycles. The predicted octanol–water partition coefficient (Wildman–Crippen LogP) is 1.09. The molecule has 14 heavy (non-hydrogen) atoms. The van der Waals surface area contributed by atoms with Gasteiger partial charge in [0.25, 0.3) is 0 Å². The molecule has 0 aliphatic rings. The van der Waals surface area contributed by atoms with E-state index in [1.165, 1.54) is 0 Å². The van der Waals surface area contributed by atoms with Crippen LogP contribution < -0.4 is 5.73 Å². The quantitative estimate of drug-likeness (QED) is 0.769. The molecule has 0 aromatic heterocycles. The van der Waals surface area contributed by atoms with Crippen molar-refractivity contribution in [1.82, 2.24) is 0 Å². The summed E-state index contributed by atoms with van der Waals surface area (Å²) in [4.78, 5) is 10.6. The molecule has 0 bridgehead atoms. The maximum absolute atomic E-state index is 12.7. The third-order valence-electron chi connectivity index (χ3n) is 1.82. The fourth-order valence-corrected chi connectivity index (χ4v) is 1.16. The number of aliphatic carboxylic acids is 1. The molecule has 0 saturated carbocycles. The number of hydrogen-bond donors (Lipinski definition) is 2. The standard InChI is InChI=1S/C9H9F2NO2/c10-6-1-5(2-7(11)3-6)8(4-12)9(13)14/h1-3,8H,4,12H2,(H,13,14). The first kappa shape index (κ1) is 10.6. The third-order valence-corrected chi connectivity index (χ3v) is 1.82. The molecule has 5 heteroatoms. The second-order valence-electron chi connectivity index (χ2n) is 2.83. The number of benzene rings is 1. The number of nitrogens with two attached hydrogens (primary N) is 1. The lowest BCUT2D eigenvalue weighted by Crippen LogP contribution is -2.21. The van der Waals surface area contributed by atoms with E-state index in [9.17, 15) is 13.6 Å². The SMILES string of the molecule is NCC(C(=O)O)c1cc(F)cc(F)c1. The fraction of sp³-hybridized carbons (Fsp3) is 0.222. The average molecular weight is 201 g/mol. The summed E-state index contributed by atoms with van der Waals surface area (Å²) in [6.45, 7) is -0.196. The zero-order valence-electron chi connectivity index (χ0n) is 7.21. The van der Waals surface area contributed by atoms with Crippen LogP contribution in [0.1, 0.15) is 11.5 Å². The zero-order chi connectivity index (χ0) is 10.7. The first-order chi connectivity index (χ1) is 6.54. The maximum atomic E-state index is 12.7. The smallest absolute Gasteiger partial charge is 0.312 e. The first-order valence-electron chi connectivity index (χ1n) is 3.93. The monoisotopic (exact) mass is 201 g/mol. The summed E-state index contributed by atoms with van der Waals surface area (Å²) in [5, 5.41) is 8.68. The summed E-state index contributed by atoms with van der Waals surface area (Å²) in [7, 11) is 0. The summed E-state index contributed by atoms with van der Waals surface area (Å²) < 4.78 is 25.4. The van der Waals surface area contributed by atoms with Crippen molar-refractivity contribution in [3.05, 3.63) is 35.4 Å². The second kappa shape index (κ2) is 4.15. The van der Waals surface area contributed by atoms with Crippen molar-refractivity contribution >= 4 is 5.97 Å². The minimum Gasteiger partial charge on any atom is -0.481 e. The largest absolute Gasteiger partial charge is 0.481 e. The molecule has 1 rings (SSSR count). The summed E-state index contributed by atoms with van der Waals surface area (Å²) >= 11 is 0. The van der Waals surface area contributed by atoms with Gasteiger partial charge >= 0.3 is 5.97 Å². The Kier molecular flexibility index (Phi) is 3.14. The summed E-state index contributed by atoms with van der Waals surface area (Å²) in [5.74, 6) is -3.88. The Labute approximate surface area is 79.2 Å². The highest BCUT2D eigenvalue weighted by Gasteiger charge is 2.19. The Morgan fingerprint density at radius 3 is 2.21 bits per heavy atom. The van der Waals surface area contributed by atoms with E-state index >= 15 is 0 Å². The third kappa shape index (κ3) is 2.26. The van der Waals surface area contributed by atoms with Gasteiger partial charge in [-0.1, -0.05) is 0 Å². The Bertz CT molecular complexity index is 334. The van der Waals surface area contributed by atoms with Gasteiger partial charge in [0.15, 0.2) is 0 Å². The van der Waals surface area contributed by atoms with Gasteiger partial charge in [0.1, 0.15) is 11.6 Å². The Morgan fingerprint density at radius 2 is 1.86 bits per heavy atom. The van der Waals surface area contributed by atoms with Gasteiger partial charge in [-0.15, -0.1) is 0 Å². The molecule has 0 spiro atoms. The zero-order valence-corrected chi connectivity index (χ0v) is 7.21. The van der Waals surface area contributed by atoms with E-state index in [2.05, 4.69) is 0 Å². The van der Waals surface area contributed by atoms with Gasteiger partial charge in [-0.05, 0) is 17.7 Å². The van der Waals surface area contributed by atoms with Gasteiger partial charge in [0, 0.05) is 12.6 Å². The highest BCUT2D eigenvalue weighted by Crippen LogP contribution is 2.17. The fourth-order valence-electron chi connectivity index (χ4n) is 1.16. The Balaban J connectivity index is 3.10. The molecule has 0 heterocycles. The molecule has 1 atom stereocenters. The van der Waals surface area contributed by atoms with Crippen LogP contribution in [-0.2, 0) is 4.79 Å². The number of carboxylic acids is 1. The molecule has 3 N–H and O–H groups in total. The molecule has 1 unspecified atom stereocenters.